The summed E-state index contributed by atoms with van der Waals surface area (Å²) in [6, 6.07) is 9.07. The molecule has 2 fully saturated rings. The molecule has 3 aliphatic rings. The van der Waals surface area contributed by atoms with E-state index in [1.807, 2.05) is 18.2 Å². The van der Waals surface area contributed by atoms with E-state index < -0.39 is 85.5 Å². The van der Waals surface area contributed by atoms with Crippen LogP contribution in [0.1, 0.15) is 12.5 Å². The topological polar surface area (TPSA) is 181 Å². The molecular weight excluding hydrogens is 504 g/mol. The molecule has 0 amide bonds. The summed E-state index contributed by atoms with van der Waals surface area (Å²) in [6.45, 7) is 1.03. The molecule has 0 radical (unpaired) electrons. The molecule has 11 atom stereocenters. The SMILES string of the molecule is COC(=O)C1=COC(OC2OC(CO)C(O)C(O)C2O)C2C(C)C(OC(=O)C=Cc3ccccc3)C(O)C12. The van der Waals surface area contributed by atoms with Crippen LogP contribution in [-0.4, -0.2) is 100 Å². The van der Waals surface area contributed by atoms with Crippen molar-refractivity contribution in [2.24, 2.45) is 17.8 Å². The van der Waals surface area contributed by atoms with Crippen molar-refractivity contribution in [1.29, 1.82) is 0 Å². The fraction of sp³-hybridized carbons (Fsp3) is 0.538. The zero-order valence-corrected chi connectivity index (χ0v) is 20.8. The predicted molar refractivity (Wildman–Crippen MR) is 127 cm³/mol. The first-order valence-corrected chi connectivity index (χ1v) is 12.2. The number of methoxy groups -OCH3 is 1. The average Bonchev–Trinajstić information content (AvgIpc) is 3.17. The molecule has 1 aromatic carbocycles. The van der Waals surface area contributed by atoms with Crippen molar-refractivity contribution in [2.45, 2.75) is 56.1 Å². The summed E-state index contributed by atoms with van der Waals surface area (Å²) < 4.78 is 27.3. The maximum Gasteiger partial charge on any atom is 0.337 e. The second-order valence-electron chi connectivity index (χ2n) is 9.50. The van der Waals surface area contributed by atoms with Crippen LogP contribution in [0.5, 0.6) is 0 Å². The molecule has 208 valence electrons. The zero-order valence-electron chi connectivity index (χ0n) is 20.8. The van der Waals surface area contributed by atoms with E-state index in [1.165, 1.54) is 13.2 Å². The van der Waals surface area contributed by atoms with Gasteiger partial charge in [0, 0.05) is 23.8 Å². The highest BCUT2D eigenvalue weighted by molar-refractivity contribution is 5.89. The van der Waals surface area contributed by atoms with Gasteiger partial charge in [0.1, 0.15) is 30.5 Å². The van der Waals surface area contributed by atoms with Gasteiger partial charge >= 0.3 is 11.9 Å². The van der Waals surface area contributed by atoms with Crippen molar-refractivity contribution >= 4 is 18.0 Å². The number of carbonyl (C=O) groups excluding carboxylic acids is 2. The molecule has 1 aromatic rings. The van der Waals surface area contributed by atoms with Crippen LogP contribution in [0, 0.1) is 17.8 Å². The van der Waals surface area contributed by atoms with E-state index in [-0.39, 0.29) is 5.57 Å². The highest BCUT2D eigenvalue weighted by Crippen LogP contribution is 2.49. The minimum atomic E-state index is -1.70. The molecule has 12 nitrogen and oxygen atoms in total. The molecular formula is C26H32O12. The summed E-state index contributed by atoms with van der Waals surface area (Å²) in [5.41, 5.74) is 0.777. The monoisotopic (exact) mass is 536 g/mol. The van der Waals surface area contributed by atoms with Gasteiger partial charge in [-0.1, -0.05) is 37.3 Å². The van der Waals surface area contributed by atoms with Crippen molar-refractivity contribution in [1.82, 2.24) is 0 Å². The fourth-order valence-electron chi connectivity index (χ4n) is 5.22. The van der Waals surface area contributed by atoms with E-state index in [4.69, 9.17) is 23.7 Å². The van der Waals surface area contributed by atoms with E-state index in [9.17, 15) is 35.1 Å². The van der Waals surface area contributed by atoms with Gasteiger partial charge in [-0.3, -0.25) is 0 Å². The van der Waals surface area contributed by atoms with Crippen LogP contribution >= 0.6 is 0 Å². The predicted octanol–water partition coefficient (Wildman–Crippen LogP) is -0.916. The van der Waals surface area contributed by atoms with Crippen molar-refractivity contribution < 1.29 is 58.8 Å². The number of benzene rings is 1. The minimum Gasteiger partial charge on any atom is -0.472 e. The summed E-state index contributed by atoms with van der Waals surface area (Å²) in [5, 5.41) is 51.2. The molecule has 4 rings (SSSR count). The molecule has 0 aromatic heterocycles. The van der Waals surface area contributed by atoms with Crippen molar-refractivity contribution in [3.63, 3.8) is 0 Å². The second kappa shape index (κ2) is 11.9. The molecule has 11 unspecified atom stereocenters. The fourth-order valence-corrected chi connectivity index (χ4v) is 5.22. The summed E-state index contributed by atoms with van der Waals surface area (Å²) in [5.74, 6) is -3.80. The number of ether oxygens (including phenoxy) is 5. The lowest BCUT2D eigenvalue weighted by Crippen LogP contribution is -2.60. The van der Waals surface area contributed by atoms with Crippen LogP contribution < -0.4 is 0 Å². The Morgan fingerprint density at radius 3 is 2.37 bits per heavy atom. The van der Waals surface area contributed by atoms with Gasteiger partial charge in [-0.05, 0) is 11.6 Å². The number of esters is 2. The van der Waals surface area contributed by atoms with Gasteiger partial charge in [0.15, 0.2) is 6.29 Å². The Bertz CT molecular complexity index is 1040. The van der Waals surface area contributed by atoms with E-state index in [0.717, 1.165) is 11.8 Å². The van der Waals surface area contributed by atoms with Crippen LogP contribution in [0.25, 0.3) is 6.08 Å². The lowest BCUT2D eigenvalue weighted by atomic mass is 9.82. The molecule has 12 heteroatoms. The Labute approximate surface area is 218 Å². The molecule has 0 spiro atoms. The van der Waals surface area contributed by atoms with Gasteiger partial charge in [-0.25, -0.2) is 9.59 Å². The van der Waals surface area contributed by atoms with Gasteiger partial charge in [0.25, 0.3) is 0 Å². The van der Waals surface area contributed by atoms with Crippen LogP contribution in [0.4, 0.5) is 0 Å². The van der Waals surface area contributed by atoms with Gasteiger partial charge < -0.3 is 49.2 Å². The standard InChI is InChI=1S/C26H32O12/c1-12-17-18(20(30)23(12)37-16(28)9-8-13-6-4-3-5-7-13)14(24(33)34-2)11-35-25(17)38-26-22(32)21(31)19(29)15(10-27)36-26/h3-9,11-12,15,17-23,25-27,29-32H,10H2,1-2H3. The van der Waals surface area contributed by atoms with E-state index in [1.54, 1.807) is 25.1 Å². The zero-order chi connectivity index (χ0) is 27.6. The Hall–Kier alpha value is -2.84. The van der Waals surface area contributed by atoms with Crippen molar-refractivity contribution in [3.8, 4) is 0 Å². The third kappa shape index (κ3) is 5.47. The number of fused-ring (bicyclic) bond motifs is 1. The maximum absolute atomic E-state index is 12.6. The first-order valence-electron chi connectivity index (χ1n) is 12.2. The number of aliphatic hydroxyl groups is 5. The van der Waals surface area contributed by atoms with Crippen LogP contribution in [-0.2, 0) is 33.3 Å². The third-order valence-corrected chi connectivity index (χ3v) is 7.25. The summed E-state index contributed by atoms with van der Waals surface area (Å²) in [4.78, 5) is 25.1. The smallest absolute Gasteiger partial charge is 0.337 e. The van der Waals surface area contributed by atoms with Crippen LogP contribution in [0.3, 0.4) is 0 Å². The lowest BCUT2D eigenvalue weighted by Gasteiger charge is -2.43. The van der Waals surface area contributed by atoms with Gasteiger partial charge in [-0.2, -0.15) is 0 Å². The van der Waals surface area contributed by atoms with Gasteiger partial charge in [-0.15, -0.1) is 0 Å². The molecule has 1 aliphatic carbocycles. The molecule has 38 heavy (non-hydrogen) atoms. The average molecular weight is 537 g/mol. The normalized spacial score (nSPS) is 38.7. The number of aliphatic hydroxyl groups excluding tert-OH is 5. The summed E-state index contributed by atoms with van der Waals surface area (Å²) in [6.07, 6.45) is -7.46. The number of rotatable bonds is 7. The van der Waals surface area contributed by atoms with E-state index in [2.05, 4.69) is 0 Å². The van der Waals surface area contributed by atoms with Crippen molar-refractivity contribution in [2.75, 3.05) is 13.7 Å². The first kappa shape index (κ1) is 28.2. The summed E-state index contributed by atoms with van der Waals surface area (Å²) in [7, 11) is 1.17. The Morgan fingerprint density at radius 1 is 1.00 bits per heavy atom. The third-order valence-electron chi connectivity index (χ3n) is 7.25. The number of hydrogen-bond donors (Lipinski definition) is 5. The van der Waals surface area contributed by atoms with Crippen LogP contribution in [0.15, 0.2) is 48.2 Å². The maximum atomic E-state index is 12.6. The first-order chi connectivity index (χ1) is 18.2. The Balaban J connectivity index is 1.55. The highest BCUT2D eigenvalue weighted by Gasteiger charge is 2.59. The minimum absolute atomic E-state index is 0.00359. The summed E-state index contributed by atoms with van der Waals surface area (Å²) >= 11 is 0. The molecule has 2 aliphatic heterocycles. The lowest BCUT2D eigenvalue weighted by molar-refractivity contribution is -0.343. The Kier molecular flexibility index (Phi) is 8.83. The molecule has 5 N–H and O–H groups in total. The van der Waals surface area contributed by atoms with Crippen molar-refractivity contribution in [3.05, 3.63) is 53.8 Å². The van der Waals surface area contributed by atoms with E-state index in [0.29, 0.717) is 0 Å². The highest BCUT2D eigenvalue weighted by atomic mass is 16.8. The molecule has 1 saturated carbocycles. The number of carbonyl (C=O) groups is 2. The number of hydrogen-bond acceptors (Lipinski definition) is 12. The van der Waals surface area contributed by atoms with Gasteiger partial charge in [0.2, 0.25) is 6.29 Å². The molecule has 0 bridgehead atoms. The molecule has 1 saturated heterocycles. The molecule has 2 heterocycles. The van der Waals surface area contributed by atoms with E-state index >= 15 is 0 Å². The second-order valence-corrected chi connectivity index (χ2v) is 9.50. The quantitative estimate of drug-likeness (QED) is 0.214. The largest absolute Gasteiger partial charge is 0.472 e. The van der Waals surface area contributed by atoms with Crippen LogP contribution in [0.2, 0.25) is 0 Å². The Morgan fingerprint density at radius 2 is 1.71 bits per heavy atom. The van der Waals surface area contributed by atoms with Gasteiger partial charge in [0.05, 0.1) is 31.7 Å².